The monoisotopic (exact) mass is 641 g/mol. The van der Waals surface area contributed by atoms with Gasteiger partial charge in [0.1, 0.15) is 11.0 Å². The van der Waals surface area contributed by atoms with E-state index >= 15 is 0 Å². The van der Waals surface area contributed by atoms with Crippen LogP contribution < -0.4 is 10.1 Å². The van der Waals surface area contributed by atoms with Crippen molar-refractivity contribution in [1.82, 2.24) is 19.9 Å². The number of hydrogen-bond donors (Lipinski definition) is 1. The van der Waals surface area contributed by atoms with E-state index in [4.69, 9.17) is 11.6 Å². The molecular formula is C26H33ClF5N5O4S. The molecule has 2 aromatic rings. The number of hydrogen-bond acceptors (Lipinski definition) is 7. The highest BCUT2D eigenvalue weighted by Gasteiger charge is 2.47. The average molecular weight is 642 g/mol. The van der Waals surface area contributed by atoms with Gasteiger partial charge >= 0.3 is 23.3 Å². The molecule has 42 heavy (non-hydrogen) atoms. The molecule has 2 heterocycles. The van der Waals surface area contributed by atoms with Crippen molar-refractivity contribution in [2.24, 2.45) is 21.6 Å². The number of nitrogens with one attached hydrogen (secondary N) is 1. The quantitative estimate of drug-likeness (QED) is 0.292. The van der Waals surface area contributed by atoms with E-state index in [-0.39, 0.29) is 52.4 Å². The molecule has 234 valence electrons. The second-order valence-corrected chi connectivity index (χ2v) is 12.0. The van der Waals surface area contributed by atoms with E-state index in [1.165, 1.54) is 4.57 Å². The largest absolute Gasteiger partial charge is 0.431 e. The van der Waals surface area contributed by atoms with E-state index in [2.05, 4.69) is 24.4 Å². The molecule has 1 aliphatic carbocycles. The lowest BCUT2D eigenvalue weighted by Crippen LogP contribution is -2.34. The summed E-state index contributed by atoms with van der Waals surface area (Å²) in [6.07, 6.45) is -0.721. The van der Waals surface area contributed by atoms with Crippen LogP contribution in [0.15, 0.2) is 16.6 Å². The molecule has 1 N–H and O–H groups in total. The summed E-state index contributed by atoms with van der Waals surface area (Å²) >= 11 is 6.52. The smallest absolute Gasteiger partial charge is 0.394 e. The van der Waals surface area contributed by atoms with Crippen LogP contribution in [0.2, 0.25) is 5.15 Å². The van der Waals surface area contributed by atoms with Crippen LogP contribution in [-0.2, 0) is 23.3 Å². The number of aryl methyl sites for hydroxylation is 1. The number of imidazole rings is 1. The first-order valence-corrected chi connectivity index (χ1v) is 14.8. The van der Waals surface area contributed by atoms with Gasteiger partial charge in [0.15, 0.2) is 17.3 Å². The van der Waals surface area contributed by atoms with E-state index < -0.39 is 46.8 Å². The SMILES string of the molecule is CCc1nc(C(=O)NCC2CCC(C(C)N=S(=O)=O)CC2)c(Cl)n1-c1ncc(CC(C)(C)C(F)(F)F)cc1OC(F)F. The average Bonchev–Trinajstić information content (AvgIpc) is 3.22. The van der Waals surface area contributed by atoms with E-state index in [1.54, 1.807) is 13.8 Å². The zero-order valence-electron chi connectivity index (χ0n) is 23.5. The van der Waals surface area contributed by atoms with E-state index in [1.807, 2.05) is 0 Å². The summed E-state index contributed by atoms with van der Waals surface area (Å²) in [6, 6.07) is 0.739. The van der Waals surface area contributed by atoms with Crippen LogP contribution in [0.4, 0.5) is 22.0 Å². The predicted octanol–water partition coefficient (Wildman–Crippen LogP) is 6.20. The van der Waals surface area contributed by atoms with Crippen molar-refractivity contribution in [3.05, 3.63) is 34.5 Å². The number of pyridine rings is 1. The summed E-state index contributed by atoms with van der Waals surface area (Å²) < 4.78 is 98.0. The highest BCUT2D eigenvalue weighted by Crippen LogP contribution is 2.41. The lowest BCUT2D eigenvalue weighted by Gasteiger charge is -2.30. The maximum Gasteiger partial charge on any atom is 0.394 e. The summed E-state index contributed by atoms with van der Waals surface area (Å²) in [4.78, 5) is 21.4. The Hall–Kier alpha value is -2.81. The van der Waals surface area contributed by atoms with Crippen molar-refractivity contribution >= 4 is 28.0 Å². The maximum atomic E-state index is 13.4. The fourth-order valence-corrected chi connectivity index (χ4v) is 5.74. The molecule has 0 spiro atoms. The van der Waals surface area contributed by atoms with Crippen LogP contribution >= 0.6 is 11.6 Å². The molecule has 0 aromatic carbocycles. The predicted molar refractivity (Wildman–Crippen MR) is 145 cm³/mol. The summed E-state index contributed by atoms with van der Waals surface area (Å²) in [6.45, 7) is 2.44. The van der Waals surface area contributed by atoms with E-state index in [9.17, 15) is 35.2 Å². The standard InChI is InChI=1S/C26H33ClF5N5O4S/c1-5-19-35-20(23(38)34-12-15-6-8-17(9-7-15)14(2)36-42(39)40)21(27)37(19)22-18(41-24(28)29)10-16(13-33-22)11-25(3,4)26(30,31)32/h10,13-15,17,24H,5-9,11-12H2,1-4H3,(H,34,38). The minimum absolute atomic E-state index is 0.0167. The molecule has 1 aliphatic rings. The minimum Gasteiger partial charge on any atom is -0.431 e. The fraction of sp³-hybridized carbons (Fsp3) is 0.654. The van der Waals surface area contributed by atoms with Crippen molar-refractivity contribution in [1.29, 1.82) is 0 Å². The minimum atomic E-state index is -4.55. The number of aromatic nitrogens is 3. The number of carbonyl (C=O) groups is 1. The third-order valence-corrected chi connectivity index (χ3v) is 8.38. The number of ether oxygens (including phenoxy) is 1. The van der Waals surface area contributed by atoms with Gasteiger partial charge in [0.05, 0.1) is 11.5 Å². The molecule has 1 unspecified atom stereocenters. The lowest BCUT2D eigenvalue weighted by atomic mass is 9.79. The summed E-state index contributed by atoms with van der Waals surface area (Å²) in [5.74, 6) is -0.873. The molecule has 0 aliphatic heterocycles. The first kappa shape index (κ1) is 33.7. The molecule has 0 bridgehead atoms. The normalized spacial score (nSPS) is 18.5. The molecule has 1 atom stereocenters. The van der Waals surface area contributed by atoms with Crippen LogP contribution in [0, 0.1) is 17.3 Å². The van der Waals surface area contributed by atoms with Gasteiger partial charge in [0.2, 0.25) is 0 Å². The molecule has 1 amide bonds. The number of nitrogens with zero attached hydrogens (tertiary/aromatic N) is 4. The Morgan fingerprint density at radius 1 is 1.24 bits per heavy atom. The first-order chi connectivity index (χ1) is 19.5. The molecule has 1 saturated carbocycles. The van der Waals surface area contributed by atoms with E-state index in [0.29, 0.717) is 6.54 Å². The molecule has 3 rings (SSSR count). The molecular weight excluding hydrogens is 609 g/mol. The number of amides is 1. The van der Waals surface area contributed by atoms with Gasteiger partial charge < -0.3 is 10.1 Å². The molecule has 9 nitrogen and oxygen atoms in total. The highest BCUT2D eigenvalue weighted by atomic mass is 35.5. The van der Waals surface area contributed by atoms with Gasteiger partial charge in [-0.15, -0.1) is 0 Å². The van der Waals surface area contributed by atoms with Crippen LogP contribution in [0.5, 0.6) is 5.75 Å². The first-order valence-electron chi connectivity index (χ1n) is 13.4. The summed E-state index contributed by atoms with van der Waals surface area (Å²) in [7, 11) is -2.46. The highest BCUT2D eigenvalue weighted by molar-refractivity contribution is 7.61. The second kappa shape index (κ2) is 13.7. The van der Waals surface area contributed by atoms with Crippen molar-refractivity contribution in [2.45, 2.75) is 85.0 Å². The molecule has 2 aromatic heterocycles. The van der Waals surface area contributed by atoms with E-state index in [0.717, 1.165) is 51.8 Å². The third-order valence-electron chi connectivity index (χ3n) is 7.53. The summed E-state index contributed by atoms with van der Waals surface area (Å²) in [5, 5.41) is 2.58. The number of halogens is 6. The molecule has 0 radical (unpaired) electrons. The van der Waals surface area contributed by atoms with Gasteiger partial charge in [0.25, 0.3) is 5.91 Å². The Kier molecular flexibility index (Phi) is 11.0. The van der Waals surface area contributed by atoms with Crippen molar-refractivity contribution in [3.63, 3.8) is 0 Å². The topological polar surface area (TPSA) is 116 Å². The molecule has 0 saturated heterocycles. The van der Waals surface area contributed by atoms with Gasteiger partial charge in [-0.2, -0.15) is 34.7 Å². The van der Waals surface area contributed by atoms with Crippen LogP contribution in [-0.4, -0.2) is 54.2 Å². The Morgan fingerprint density at radius 2 is 1.88 bits per heavy atom. The summed E-state index contributed by atoms with van der Waals surface area (Å²) in [5.41, 5.74) is -2.31. The number of alkyl halides is 5. The molecule has 1 fully saturated rings. The Balaban J connectivity index is 1.81. The van der Waals surface area contributed by atoms with Crippen LogP contribution in [0.3, 0.4) is 0 Å². The zero-order chi connectivity index (χ0) is 31.4. The lowest BCUT2D eigenvalue weighted by molar-refractivity contribution is -0.211. The van der Waals surface area contributed by atoms with Gasteiger partial charge in [0, 0.05) is 19.2 Å². The van der Waals surface area contributed by atoms with Gasteiger partial charge in [-0.3, -0.25) is 9.36 Å². The third kappa shape index (κ3) is 8.17. The maximum absolute atomic E-state index is 13.4. The van der Waals surface area contributed by atoms with Gasteiger partial charge in [-0.05, 0) is 62.5 Å². The van der Waals surface area contributed by atoms with Crippen LogP contribution in [0.1, 0.15) is 75.3 Å². The number of rotatable bonds is 11. The number of carbonyl (C=O) groups excluding carboxylic acids is 1. The Labute approximate surface area is 246 Å². The van der Waals surface area contributed by atoms with Gasteiger partial charge in [-0.1, -0.05) is 32.4 Å². The van der Waals surface area contributed by atoms with Crippen molar-refractivity contribution in [2.75, 3.05) is 6.54 Å². The Morgan fingerprint density at radius 3 is 2.43 bits per heavy atom. The zero-order valence-corrected chi connectivity index (χ0v) is 25.1. The van der Waals surface area contributed by atoms with Crippen molar-refractivity contribution in [3.8, 4) is 11.6 Å². The van der Waals surface area contributed by atoms with Gasteiger partial charge in [-0.25, -0.2) is 9.97 Å². The van der Waals surface area contributed by atoms with Crippen LogP contribution in [0.25, 0.3) is 5.82 Å². The molecule has 16 heteroatoms. The van der Waals surface area contributed by atoms with Crippen molar-refractivity contribution < 1.29 is 39.9 Å². The second-order valence-electron chi connectivity index (χ2n) is 11.0. The Bertz CT molecular complexity index is 1400. The fourth-order valence-electron chi connectivity index (χ4n) is 4.99.